The summed E-state index contributed by atoms with van der Waals surface area (Å²) in [6.07, 6.45) is 2.90. The van der Waals surface area contributed by atoms with E-state index in [0.29, 0.717) is 24.0 Å². The van der Waals surface area contributed by atoms with Crippen molar-refractivity contribution < 1.29 is 34.4 Å². The molecule has 4 rings (SSSR count). The number of Topliss-reactive ketones (excluding diaryl/α,β-unsaturated/α-hetero) is 1. The molecule has 32 heavy (non-hydrogen) atoms. The molecule has 4 aliphatic rings. The fraction of sp³-hybridized carbons (Fsp3) is 0.720. The van der Waals surface area contributed by atoms with Crippen LogP contribution in [0.5, 0.6) is 0 Å². The Morgan fingerprint density at radius 1 is 1.22 bits per heavy atom. The number of carbonyl (C=O) groups is 3. The Labute approximate surface area is 188 Å². The van der Waals surface area contributed by atoms with Crippen molar-refractivity contribution in [1.82, 2.24) is 0 Å². The van der Waals surface area contributed by atoms with Crippen LogP contribution in [-0.2, 0) is 19.1 Å². The van der Waals surface area contributed by atoms with Gasteiger partial charge in [0.25, 0.3) is 0 Å². The van der Waals surface area contributed by atoms with E-state index in [-0.39, 0.29) is 42.6 Å². The molecule has 0 aromatic heterocycles. The SMILES string of the molecule is C[C@@H](CC(=O)O)[C@]1(C)CC=C2C(C(=O)O)=C(C[C@]34CC[C@H](O3)C(C)(C)C4=O)C[C@@H](O)[C@]21C. The van der Waals surface area contributed by atoms with E-state index in [9.17, 15) is 29.7 Å². The second-order valence-corrected chi connectivity index (χ2v) is 11.3. The molecule has 0 aromatic carbocycles. The van der Waals surface area contributed by atoms with Crippen LogP contribution in [0.2, 0.25) is 0 Å². The number of rotatable bonds is 6. The molecule has 2 fully saturated rings. The maximum absolute atomic E-state index is 13.2. The Morgan fingerprint density at radius 2 is 1.88 bits per heavy atom. The van der Waals surface area contributed by atoms with E-state index >= 15 is 0 Å². The number of ether oxygens (including phenoxy) is 1. The number of fused-ring (bicyclic) bond motifs is 3. The summed E-state index contributed by atoms with van der Waals surface area (Å²) in [6, 6.07) is 0. The van der Waals surface area contributed by atoms with Gasteiger partial charge in [0, 0.05) is 18.3 Å². The molecular weight excluding hydrogens is 412 g/mol. The second kappa shape index (κ2) is 7.00. The minimum atomic E-state index is -1.07. The van der Waals surface area contributed by atoms with Gasteiger partial charge in [-0.05, 0) is 48.2 Å². The molecule has 176 valence electrons. The Balaban J connectivity index is 1.76. The van der Waals surface area contributed by atoms with Crippen LogP contribution in [0, 0.1) is 22.2 Å². The van der Waals surface area contributed by atoms with Crippen LogP contribution in [0.15, 0.2) is 22.8 Å². The van der Waals surface area contributed by atoms with E-state index in [4.69, 9.17) is 4.74 Å². The van der Waals surface area contributed by atoms with Crippen molar-refractivity contribution >= 4 is 17.7 Å². The first-order chi connectivity index (χ1) is 14.7. The number of carboxylic acid groups (broad SMARTS) is 2. The summed E-state index contributed by atoms with van der Waals surface area (Å²) in [5.41, 5.74) is -1.83. The third kappa shape index (κ3) is 2.83. The molecule has 2 aliphatic carbocycles. The molecular formula is C25H34O7. The second-order valence-electron chi connectivity index (χ2n) is 11.3. The van der Waals surface area contributed by atoms with Crippen molar-refractivity contribution in [2.24, 2.45) is 22.2 Å². The Morgan fingerprint density at radius 3 is 2.41 bits per heavy atom. The molecule has 2 aliphatic heterocycles. The van der Waals surface area contributed by atoms with E-state index in [1.54, 1.807) is 0 Å². The molecule has 0 saturated carbocycles. The zero-order chi connectivity index (χ0) is 23.9. The maximum atomic E-state index is 13.2. The molecule has 0 spiro atoms. The quantitative estimate of drug-likeness (QED) is 0.571. The largest absolute Gasteiger partial charge is 0.481 e. The van der Waals surface area contributed by atoms with E-state index in [2.05, 4.69) is 0 Å². The maximum Gasteiger partial charge on any atom is 0.335 e. The van der Waals surface area contributed by atoms with E-state index in [1.165, 1.54) is 0 Å². The van der Waals surface area contributed by atoms with Crippen LogP contribution in [-0.4, -0.2) is 50.9 Å². The number of aliphatic carboxylic acids is 2. The fourth-order valence-electron chi connectivity index (χ4n) is 7.04. The summed E-state index contributed by atoms with van der Waals surface area (Å²) in [6.45, 7) is 9.43. The number of aliphatic hydroxyl groups excluding tert-OH is 1. The molecule has 0 amide bonds. The molecule has 2 heterocycles. The zero-order valence-electron chi connectivity index (χ0n) is 19.5. The first-order valence-corrected chi connectivity index (χ1v) is 11.5. The fourth-order valence-corrected chi connectivity index (χ4v) is 7.04. The van der Waals surface area contributed by atoms with Gasteiger partial charge >= 0.3 is 11.9 Å². The van der Waals surface area contributed by atoms with Crippen molar-refractivity contribution in [3.63, 3.8) is 0 Å². The van der Waals surface area contributed by atoms with Gasteiger partial charge in [0.2, 0.25) is 0 Å². The predicted molar refractivity (Wildman–Crippen MR) is 116 cm³/mol. The van der Waals surface area contributed by atoms with Crippen molar-refractivity contribution in [3.8, 4) is 0 Å². The minimum absolute atomic E-state index is 0.0154. The van der Waals surface area contributed by atoms with E-state index in [0.717, 1.165) is 6.42 Å². The van der Waals surface area contributed by atoms with Gasteiger partial charge in [-0.15, -0.1) is 0 Å². The lowest BCUT2D eigenvalue weighted by Gasteiger charge is -2.52. The average Bonchev–Trinajstić information content (AvgIpc) is 3.28. The third-order valence-electron chi connectivity index (χ3n) is 9.47. The first-order valence-electron chi connectivity index (χ1n) is 11.5. The highest BCUT2D eigenvalue weighted by atomic mass is 16.5. The summed E-state index contributed by atoms with van der Waals surface area (Å²) in [7, 11) is 0. The lowest BCUT2D eigenvalue weighted by atomic mass is 9.52. The lowest BCUT2D eigenvalue weighted by Crippen LogP contribution is -2.52. The van der Waals surface area contributed by atoms with Crippen LogP contribution < -0.4 is 0 Å². The molecule has 6 atom stereocenters. The van der Waals surface area contributed by atoms with Gasteiger partial charge in [-0.1, -0.05) is 40.7 Å². The van der Waals surface area contributed by atoms with Gasteiger partial charge < -0.3 is 20.1 Å². The molecule has 0 aromatic rings. The third-order valence-corrected chi connectivity index (χ3v) is 9.47. The smallest absolute Gasteiger partial charge is 0.335 e. The van der Waals surface area contributed by atoms with Crippen LogP contribution in [0.4, 0.5) is 0 Å². The topological polar surface area (TPSA) is 121 Å². The monoisotopic (exact) mass is 446 g/mol. The number of aliphatic hydroxyl groups is 1. The molecule has 3 N–H and O–H groups in total. The highest BCUT2D eigenvalue weighted by molar-refractivity contribution is 5.97. The number of ketones is 1. The Bertz CT molecular complexity index is 959. The van der Waals surface area contributed by atoms with E-state index in [1.807, 2.05) is 40.7 Å². The number of hydrogen-bond donors (Lipinski definition) is 3. The van der Waals surface area contributed by atoms with Gasteiger partial charge in [0.15, 0.2) is 5.78 Å². The highest BCUT2D eigenvalue weighted by Crippen LogP contribution is 2.64. The van der Waals surface area contributed by atoms with Gasteiger partial charge in [-0.25, -0.2) is 4.79 Å². The van der Waals surface area contributed by atoms with Crippen LogP contribution in [0.3, 0.4) is 0 Å². The van der Waals surface area contributed by atoms with Crippen LogP contribution in [0.1, 0.15) is 73.1 Å². The summed E-state index contributed by atoms with van der Waals surface area (Å²) >= 11 is 0. The molecule has 0 radical (unpaired) electrons. The van der Waals surface area contributed by atoms with Gasteiger partial charge in [-0.3, -0.25) is 9.59 Å². The number of carboxylic acids is 2. The predicted octanol–water partition coefficient (Wildman–Crippen LogP) is 3.50. The van der Waals surface area contributed by atoms with Crippen molar-refractivity contribution in [2.75, 3.05) is 0 Å². The van der Waals surface area contributed by atoms with Crippen LogP contribution in [0.25, 0.3) is 0 Å². The minimum Gasteiger partial charge on any atom is -0.481 e. The lowest BCUT2D eigenvalue weighted by molar-refractivity contribution is -0.141. The van der Waals surface area contributed by atoms with Gasteiger partial charge in [0.1, 0.15) is 5.60 Å². The molecule has 0 unspecified atom stereocenters. The molecule has 2 bridgehead atoms. The van der Waals surface area contributed by atoms with Gasteiger partial charge in [0.05, 0.1) is 23.2 Å². The summed E-state index contributed by atoms with van der Waals surface area (Å²) in [4.78, 5) is 37.1. The van der Waals surface area contributed by atoms with E-state index < -0.39 is 39.9 Å². The normalized spacial score (nSPS) is 40.9. The highest BCUT2D eigenvalue weighted by Gasteiger charge is 2.65. The summed E-state index contributed by atoms with van der Waals surface area (Å²) in [5, 5.41) is 31.0. The Hall–Kier alpha value is -1.99. The number of hydrogen-bond acceptors (Lipinski definition) is 5. The van der Waals surface area contributed by atoms with Crippen molar-refractivity contribution in [3.05, 3.63) is 22.8 Å². The molecule has 2 saturated heterocycles. The average molecular weight is 447 g/mol. The van der Waals surface area contributed by atoms with Gasteiger partial charge in [-0.2, -0.15) is 0 Å². The summed E-state index contributed by atoms with van der Waals surface area (Å²) < 4.78 is 6.17. The standard InChI is InChI=1S/C25H34O7/c1-13(10-18(27)28)23(4)8-6-15-19(20(29)30)14(11-16(26)24(15,23)5)12-25-9-7-17(32-25)22(2,3)21(25)31/h6,13,16-17,26H,7-12H2,1-5H3,(H,27,28)(H,29,30)/t13-,16+,17-,23-,24-,25-/m0/s1. The Kier molecular flexibility index (Phi) is 5.07. The molecule has 7 nitrogen and oxygen atoms in total. The number of allylic oxidation sites excluding steroid dienone is 1. The summed E-state index contributed by atoms with van der Waals surface area (Å²) in [5.74, 6) is -2.23. The van der Waals surface area contributed by atoms with Crippen molar-refractivity contribution in [2.45, 2.75) is 91.0 Å². The van der Waals surface area contributed by atoms with Crippen molar-refractivity contribution in [1.29, 1.82) is 0 Å². The number of carbonyl (C=O) groups excluding carboxylic acids is 1. The first kappa shape index (κ1) is 23.2. The van der Waals surface area contributed by atoms with Crippen LogP contribution >= 0.6 is 0 Å². The molecule has 7 heteroatoms. The zero-order valence-corrected chi connectivity index (χ0v) is 19.5.